The number of nitrogens with zero attached hydrogens (tertiary/aromatic N) is 1. The Labute approximate surface area is 164 Å². The number of carbonyl (C=O) groups is 2. The molecule has 4 fully saturated rings. The van der Waals surface area contributed by atoms with Crippen LogP contribution in [0.25, 0.3) is 10.8 Å². The molecule has 0 saturated heterocycles. The van der Waals surface area contributed by atoms with Crippen molar-refractivity contribution in [2.24, 2.45) is 17.8 Å². The van der Waals surface area contributed by atoms with Crippen LogP contribution < -0.4 is 5.32 Å². The molecular formula is C24H24N2O2. The number of hydrogen-bond acceptors (Lipinski definition) is 3. The van der Waals surface area contributed by atoms with Crippen molar-refractivity contribution in [2.45, 2.75) is 50.0 Å². The Morgan fingerprint density at radius 3 is 2.21 bits per heavy atom. The third kappa shape index (κ3) is 2.81. The number of hydrogen-bond donors (Lipinski definition) is 1. The highest BCUT2D eigenvalue weighted by atomic mass is 16.2. The first kappa shape index (κ1) is 17.4. The standard InChI is InChI=1S/C24H24N2O2/c25-14-21(20-7-3-5-18-4-1-2-6-19(18)20)22(27)23(28)26-24-11-15-8-16(12-24)10-17(9-15)13-24/h1-7,15-17,21H,8-13H2,(H,26,28). The molecule has 142 valence electrons. The van der Waals surface area contributed by atoms with Crippen molar-refractivity contribution in [3.8, 4) is 6.07 Å². The molecule has 1 unspecified atom stereocenters. The SMILES string of the molecule is N#CC(C(=O)C(=O)NC12CC3CC(CC(C3)C1)C2)c1cccc2ccccc12. The third-order valence-electron chi connectivity index (χ3n) is 7.17. The van der Waals surface area contributed by atoms with Gasteiger partial charge in [0.05, 0.1) is 6.07 Å². The average Bonchev–Trinajstić information content (AvgIpc) is 2.67. The summed E-state index contributed by atoms with van der Waals surface area (Å²) in [7, 11) is 0. The first-order valence-corrected chi connectivity index (χ1v) is 10.3. The highest BCUT2D eigenvalue weighted by molar-refractivity contribution is 6.39. The topological polar surface area (TPSA) is 70.0 Å². The maximum absolute atomic E-state index is 13.0. The molecule has 4 bridgehead atoms. The van der Waals surface area contributed by atoms with Crippen molar-refractivity contribution in [1.29, 1.82) is 5.26 Å². The van der Waals surface area contributed by atoms with Gasteiger partial charge in [0.15, 0.2) is 0 Å². The molecule has 4 nitrogen and oxygen atoms in total. The van der Waals surface area contributed by atoms with Crippen molar-refractivity contribution < 1.29 is 9.59 Å². The molecule has 4 saturated carbocycles. The molecule has 0 heterocycles. The highest BCUT2D eigenvalue weighted by Crippen LogP contribution is 2.55. The van der Waals surface area contributed by atoms with E-state index in [1.165, 1.54) is 19.3 Å². The number of Topliss-reactive ketones (excluding diaryl/α,β-unsaturated/α-hetero) is 1. The number of fused-ring (bicyclic) bond motifs is 1. The lowest BCUT2D eigenvalue weighted by Crippen LogP contribution is -2.61. The predicted octanol–water partition coefficient (Wildman–Crippen LogP) is 4.10. The maximum Gasteiger partial charge on any atom is 0.289 e. The summed E-state index contributed by atoms with van der Waals surface area (Å²) in [5, 5.41) is 14.7. The van der Waals surface area contributed by atoms with E-state index in [1.54, 1.807) is 6.07 Å². The molecule has 4 heteroatoms. The van der Waals surface area contributed by atoms with Gasteiger partial charge in [-0.15, -0.1) is 0 Å². The summed E-state index contributed by atoms with van der Waals surface area (Å²) >= 11 is 0. The lowest BCUT2D eigenvalue weighted by molar-refractivity contribution is -0.141. The molecule has 0 spiro atoms. The summed E-state index contributed by atoms with van der Waals surface area (Å²) in [6.07, 6.45) is 6.80. The Bertz CT molecular complexity index is 963. The van der Waals surface area contributed by atoms with Crippen LogP contribution in [0.3, 0.4) is 0 Å². The van der Waals surface area contributed by atoms with E-state index in [4.69, 9.17) is 0 Å². The molecule has 1 amide bonds. The molecule has 4 aliphatic rings. The molecule has 0 aliphatic heterocycles. The number of carbonyl (C=O) groups excluding carboxylic acids is 2. The van der Waals surface area contributed by atoms with E-state index in [0.717, 1.165) is 30.0 Å². The van der Waals surface area contributed by atoms with E-state index < -0.39 is 17.6 Å². The first-order valence-electron chi connectivity index (χ1n) is 10.3. The summed E-state index contributed by atoms with van der Waals surface area (Å²) in [5.74, 6) is -0.222. The molecule has 4 aliphatic carbocycles. The number of ketones is 1. The zero-order valence-electron chi connectivity index (χ0n) is 15.9. The number of nitriles is 1. The first-order chi connectivity index (χ1) is 13.6. The Balaban J connectivity index is 1.40. The Kier molecular flexibility index (Phi) is 4.01. The minimum absolute atomic E-state index is 0.222. The minimum atomic E-state index is -1.07. The van der Waals surface area contributed by atoms with Gasteiger partial charge >= 0.3 is 0 Å². The highest BCUT2D eigenvalue weighted by Gasteiger charge is 2.52. The molecule has 28 heavy (non-hydrogen) atoms. The van der Waals surface area contributed by atoms with Gasteiger partial charge in [-0.05, 0) is 72.6 Å². The van der Waals surface area contributed by atoms with Crippen LogP contribution >= 0.6 is 0 Å². The zero-order valence-corrected chi connectivity index (χ0v) is 15.9. The smallest absolute Gasteiger partial charge is 0.289 e. The molecule has 1 N–H and O–H groups in total. The normalized spacial score (nSPS) is 31.3. The van der Waals surface area contributed by atoms with Gasteiger partial charge in [0, 0.05) is 5.54 Å². The Hall–Kier alpha value is -2.67. The van der Waals surface area contributed by atoms with Crippen LogP contribution in [0.5, 0.6) is 0 Å². The third-order valence-corrected chi connectivity index (χ3v) is 7.17. The Morgan fingerprint density at radius 1 is 0.964 bits per heavy atom. The summed E-state index contributed by atoms with van der Waals surface area (Å²) in [6.45, 7) is 0. The van der Waals surface area contributed by atoms with E-state index in [9.17, 15) is 14.9 Å². The average molecular weight is 372 g/mol. The van der Waals surface area contributed by atoms with Gasteiger partial charge in [0.2, 0.25) is 5.78 Å². The number of amides is 1. The number of rotatable bonds is 4. The van der Waals surface area contributed by atoms with Crippen molar-refractivity contribution in [3.05, 3.63) is 48.0 Å². The summed E-state index contributed by atoms with van der Waals surface area (Å²) < 4.78 is 0. The molecule has 0 radical (unpaired) electrons. The van der Waals surface area contributed by atoms with Crippen molar-refractivity contribution in [1.82, 2.24) is 5.32 Å². The van der Waals surface area contributed by atoms with Gasteiger partial charge in [-0.25, -0.2) is 0 Å². The monoisotopic (exact) mass is 372 g/mol. The summed E-state index contributed by atoms with van der Waals surface area (Å²) in [4.78, 5) is 25.9. The van der Waals surface area contributed by atoms with Gasteiger partial charge < -0.3 is 5.32 Å². The summed E-state index contributed by atoms with van der Waals surface area (Å²) in [5.41, 5.74) is 0.395. The van der Waals surface area contributed by atoms with Crippen LogP contribution in [-0.2, 0) is 9.59 Å². The number of benzene rings is 2. The van der Waals surface area contributed by atoms with Gasteiger partial charge in [-0.1, -0.05) is 42.5 Å². The quantitative estimate of drug-likeness (QED) is 0.822. The van der Waals surface area contributed by atoms with Gasteiger partial charge in [-0.3, -0.25) is 9.59 Å². The fraction of sp³-hybridized carbons (Fsp3) is 0.458. The van der Waals surface area contributed by atoms with Gasteiger partial charge in [0.1, 0.15) is 5.92 Å². The second-order valence-corrected chi connectivity index (χ2v) is 9.15. The second kappa shape index (κ2) is 6.44. The van der Waals surface area contributed by atoms with Crippen molar-refractivity contribution >= 4 is 22.5 Å². The molecule has 2 aromatic rings. The van der Waals surface area contributed by atoms with Crippen molar-refractivity contribution in [3.63, 3.8) is 0 Å². The van der Waals surface area contributed by atoms with Crippen LogP contribution in [0.15, 0.2) is 42.5 Å². The van der Waals surface area contributed by atoms with Crippen LogP contribution in [0, 0.1) is 29.1 Å². The lowest BCUT2D eigenvalue weighted by Gasteiger charge is -2.56. The van der Waals surface area contributed by atoms with E-state index in [0.29, 0.717) is 23.3 Å². The fourth-order valence-electron chi connectivity index (χ4n) is 6.47. The molecule has 0 aromatic heterocycles. The van der Waals surface area contributed by atoms with Crippen LogP contribution in [0.1, 0.15) is 50.0 Å². The number of nitrogens with one attached hydrogen (secondary N) is 1. The van der Waals surface area contributed by atoms with E-state index in [2.05, 4.69) is 11.4 Å². The summed E-state index contributed by atoms with van der Waals surface area (Å²) in [6, 6.07) is 15.3. The van der Waals surface area contributed by atoms with Crippen LogP contribution in [0.2, 0.25) is 0 Å². The molecule has 2 aromatic carbocycles. The molecular weight excluding hydrogens is 348 g/mol. The maximum atomic E-state index is 13.0. The van der Waals surface area contributed by atoms with Gasteiger partial charge in [0.25, 0.3) is 5.91 Å². The largest absolute Gasteiger partial charge is 0.344 e. The minimum Gasteiger partial charge on any atom is -0.344 e. The zero-order chi connectivity index (χ0) is 19.3. The molecule has 6 rings (SSSR count). The Morgan fingerprint density at radius 2 is 1.57 bits per heavy atom. The fourth-order valence-corrected chi connectivity index (χ4v) is 6.47. The predicted molar refractivity (Wildman–Crippen MR) is 106 cm³/mol. The van der Waals surface area contributed by atoms with Crippen molar-refractivity contribution in [2.75, 3.05) is 0 Å². The van der Waals surface area contributed by atoms with E-state index in [1.807, 2.05) is 36.4 Å². The van der Waals surface area contributed by atoms with Gasteiger partial charge in [-0.2, -0.15) is 5.26 Å². The van der Waals surface area contributed by atoms with Crippen LogP contribution in [0.4, 0.5) is 0 Å². The second-order valence-electron chi connectivity index (χ2n) is 9.15. The van der Waals surface area contributed by atoms with E-state index >= 15 is 0 Å². The lowest BCUT2D eigenvalue weighted by atomic mass is 9.53. The van der Waals surface area contributed by atoms with E-state index in [-0.39, 0.29) is 5.54 Å². The molecule has 1 atom stereocenters. The van der Waals surface area contributed by atoms with Crippen LogP contribution in [-0.4, -0.2) is 17.2 Å².